The fourth-order valence-corrected chi connectivity index (χ4v) is 3.59. The number of urea groups is 2. The highest BCUT2D eigenvalue weighted by Gasteiger charge is 2.49. The summed E-state index contributed by atoms with van der Waals surface area (Å²) in [5, 5.41) is 7.59. The SMILES string of the molecule is C[C@@]1(c2ccccc2)NC(=O)N(CC(=O)NC(=O)NC2CCCCC2)C1=O. The Labute approximate surface area is 157 Å². The second-order valence-corrected chi connectivity index (χ2v) is 7.17. The minimum Gasteiger partial charge on any atom is -0.335 e. The van der Waals surface area contributed by atoms with E-state index in [-0.39, 0.29) is 6.04 Å². The molecule has 6 amide bonds. The number of nitrogens with zero attached hydrogens (tertiary/aromatic N) is 1. The molecule has 0 aromatic heterocycles. The van der Waals surface area contributed by atoms with Gasteiger partial charge in [0.05, 0.1) is 0 Å². The maximum atomic E-state index is 12.7. The Morgan fingerprint density at radius 1 is 1.15 bits per heavy atom. The molecule has 1 aliphatic carbocycles. The lowest BCUT2D eigenvalue weighted by molar-refractivity contribution is -0.134. The van der Waals surface area contributed by atoms with Gasteiger partial charge >= 0.3 is 12.1 Å². The third-order valence-electron chi connectivity index (χ3n) is 5.12. The highest BCUT2D eigenvalue weighted by molar-refractivity contribution is 6.10. The first-order chi connectivity index (χ1) is 12.9. The molecule has 1 atom stereocenters. The van der Waals surface area contributed by atoms with Gasteiger partial charge in [-0.15, -0.1) is 0 Å². The second-order valence-electron chi connectivity index (χ2n) is 7.17. The van der Waals surface area contributed by atoms with Gasteiger partial charge in [0, 0.05) is 6.04 Å². The van der Waals surface area contributed by atoms with Crippen LogP contribution in [0.3, 0.4) is 0 Å². The maximum Gasteiger partial charge on any atom is 0.325 e. The van der Waals surface area contributed by atoms with Crippen LogP contribution in [-0.4, -0.2) is 41.4 Å². The van der Waals surface area contributed by atoms with Gasteiger partial charge in [-0.2, -0.15) is 0 Å². The number of imide groups is 2. The highest BCUT2D eigenvalue weighted by atomic mass is 16.2. The molecule has 1 heterocycles. The fraction of sp³-hybridized carbons (Fsp3) is 0.474. The normalized spacial score (nSPS) is 23.1. The maximum absolute atomic E-state index is 12.7. The highest BCUT2D eigenvalue weighted by Crippen LogP contribution is 2.28. The van der Waals surface area contributed by atoms with E-state index in [4.69, 9.17) is 0 Å². The number of nitrogens with one attached hydrogen (secondary N) is 3. The van der Waals surface area contributed by atoms with E-state index in [1.165, 1.54) is 0 Å². The molecule has 2 fully saturated rings. The Balaban J connectivity index is 1.58. The standard InChI is InChI=1S/C19H24N4O4/c1-19(13-8-4-2-5-9-13)16(25)23(18(27)22-19)12-15(24)21-17(26)20-14-10-6-3-7-11-14/h2,4-5,8-9,14H,3,6-7,10-12H2,1H3,(H,22,27)(H2,20,21,24,26)/t19-/m0/s1. The topological polar surface area (TPSA) is 108 Å². The molecular formula is C19H24N4O4. The molecule has 3 rings (SSSR count). The summed E-state index contributed by atoms with van der Waals surface area (Å²) in [4.78, 5) is 49.9. The van der Waals surface area contributed by atoms with Crippen molar-refractivity contribution in [3.8, 4) is 0 Å². The first-order valence-electron chi connectivity index (χ1n) is 9.20. The van der Waals surface area contributed by atoms with Crippen molar-refractivity contribution >= 4 is 23.9 Å². The molecule has 144 valence electrons. The fourth-order valence-electron chi connectivity index (χ4n) is 3.59. The average molecular weight is 372 g/mol. The summed E-state index contributed by atoms with van der Waals surface area (Å²) in [6, 6.07) is 7.63. The van der Waals surface area contributed by atoms with Gasteiger partial charge in [0.15, 0.2) is 0 Å². The van der Waals surface area contributed by atoms with Crippen LogP contribution in [0, 0.1) is 0 Å². The number of rotatable bonds is 4. The molecule has 2 aliphatic rings. The van der Waals surface area contributed by atoms with Crippen molar-refractivity contribution < 1.29 is 19.2 Å². The van der Waals surface area contributed by atoms with Crippen LogP contribution in [0.5, 0.6) is 0 Å². The van der Waals surface area contributed by atoms with Crippen LogP contribution in [0.4, 0.5) is 9.59 Å². The molecule has 1 aliphatic heterocycles. The third-order valence-corrected chi connectivity index (χ3v) is 5.12. The predicted molar refractivity (Wildman–Crippen MR) is 97.6 cm³/mol. The van der Waals surface area contributed by atoms with Gasteiger partial charge in [-0.05, 0) is 25.3 Å². The molecule has 3 N–H and O–H groups in total. The van der Waals surface area contributed by atoms with E-state index in [9.17, 15) is 19.2 Å². The van der Waals surface area contributed by atoms with E-state index in [1.54, 1.807) is 31.2 Å². The van der Waals surface area contributed by atoms with Gasteiger partial charge in [0.1, 0.15) is 12.1 Å². The molecule has 1 saturated heterocycles. The molecular weight excluding hydrogens is 348 g/mol. The zero-order chi connectivity index (χ0) is 19.4. The smallest absolute Gasteiger partial charge is 0.325 e. The van der Waals surface area contributed by atoms with Crippen LogP contribution in [0.25, 0.3) is 0 Å². The summed E-state index contributed by atoms with van der Waals surface area (Å²) in [6.45, 7) is 1.08. The quantitative estimate of drug-likeness (QED) is 0.698. The van der Waals surface area contributed by atoms with E-state index in [0.717, 1.165) is 37.0 Å². The largest absolute Gasteiger partial charge is 0.335 e. The molecule has 8 heteroatoms. The van der Waals surface area contributed by atoms with Gasteiger partial charge in [-0.25, -0.2) is 9.59 Å². The minimum atomic E-state index is -1.23. The Morgan fingerprint density at radius 3 is 2.48 bits per heavy atom. The zero-order valence-electron chi connectivity index (χ0n) is 15.3. The van der Waals surface area contributed by atoms with Crippen LogP contribution < -0.4 is 16.0 Å². The number of hydrogen-bond donors (Lipinski definition) is 3. The summed E-state index contributed by atoms with van der Waals surface area (Å²) in [5.74, 6) is -1.23. The summed E-state index contributed by atoms with van der Waals surface area (Å²) >= 11 is 0. The van der Waals surface area contributed by atoms with E-state index in [2.05, 4.69) is 16.0 Å². The minimum absolute atomic E-state index is 0.0599. The monoisotopic (exact) mass is 372 g/mol. The van der Waals surface area contributed by atoms with Gasteiger partial charge in [-0.1, -0.05) is 49.6 Å². The van der Waals surface area contributed by atoms with Crippen molar-refractivity contribution in [2.45, 2.75) is 50.6 Å². The molecule has 0 radical (unpaired) electrons. The molecule has 0 spiro atoms. The number of amides is 6. The lowest BCUT2D eigenvalue weighted by Crippen LogP contribution is -2.49. The number of hydrogen-bond acceptors (Lipinski definition) is 4. The first-order valence-corrected chi connectivity index (χ1v) is 9.20. The molecule has 0 unspecified atom stereocenters. The number of carbonyl (C=O) groups excluding carboxylic acids is 4. The van der Waals surface area contributed by atoms with Gasteiger partial charge in [0.25, 0.3) is 5.91 Å². The van der Waals surface area contributed by atoms with Crippen LogP contribution in [0.15, 0.2) is 30.3 Å². The summed E-state index contributed by atoms with van der Waals surface area (Å²) in [6.07, 6.45) is 5.05. The van der Waals surface area contributed by atoms with E-state index >= 15 is 0 Å². The van der Waals surface area contributed by atoms with E-state index in [0.29, 0.717) is 5.56 Å². The van der Waals surface area contributed by atoms with Gasteiger partial charge in [-0.3, -0.25) is 19.8 Å². The lowest BCUT2D eigenvalue weighted by atomic mass is 9.92. The Kier molecular flexibility index (Phi) is 5.43. The van der Waals surface area contributed by atoms with Crippen molar-refractivity contribution in [3.05, 3.63) is 35.9 Å². The summed E-state index contributed by atoms with van der Waals surface area (Å²) in [7, 11) is 0. The number of benzene rings is 1. The molecule has 27 heavy (non-hydrogen) atoms. The zero-order valence-corrected chi connectivity index (χ0v) is 15.3. The van der Waals surface area contributed by atoms with Crippen molar-refractivity contribution in [2.24, 2.45) is 0 Å². The van der Waals surface area contributed by atoms with Gasteiger partial charge < -0.3 is 10.6 Å². The molecule has 1 saturated carbocycles. The summed E-state index contributed by atoms with van der Waals surface area (Å²) in [5.41, 5.74) is -0.607. The molecule has 1 aromatic carbocycles. The molecule has 1 aromatic rings. The van der Waals surface area contributed by atoms with Crippen LogP contribution in [0.1, 0.15) is 44.6 Å². The van der Waals surface area contributed by atoms with Crippen LogP contribution in [0.2, 0.25) is 0 Å². The lowest BCUT2D eigenvalue weighted by Gasteiger charge is -2.23. The molecule has 8 nitrogen and oxygen atoms in total. The number of carbonyl (C=O) groups is 4. The van der Waals surface area contributed by atoms with Crippen molar-refractivity contribution in [3.63, 3.8) is 0 Å². The molecule has 0 bridgehead atoms. The van der Waals surface area contributed by atoms with Crippen molar-refractivity contribution in [2.75, 3.05) is 6.54 Å². The summed E-state index contributed by atoms with van der Waals surface area (Å²) < 4.78 is 0. The first kappa shape index (κ1) is 18.9. The Bertz CT molecular complexity index is 745. The Hall–Kier alpha value is -2.90. The van der Waals surface area contributed by atoms with Gasteiger partial charge in [0.2, 0.25) is 5.91 Å². The van der Waals surface area contributed by atoms with Crippen LogP contribution in [-0.2, 0) is 15.1 Å². The predicted octanol–water partition coefficient (Wildman–Crippen LogP) is 1.61. The average Bonchev–Trinajstić information content (AvgIpc) is 2.87. The van der Waals surface area contributed by atoms with E-state index < -0.39 is 36.0 Å². The van der Waals surface area contributed by atoms with Crippen molar-refractivity contribution in [1.82, 2.24) is 20.9 Å². The Morgan fingerprint density at radius 2 is 1.81 bits per heavy atom. The van der Waals surface area contributed by atoms with Crippen LogP contribution >= 0.6 is 0 Å². The van der Waals surface area contributed by atoms with Crippen molar-refractivity contribution in [1.29, 1.82) is 0 Å². The second kappa shape index (κ2) is 7.77. The third kappa shape index (κ3) is 4.10. The van der Waals surface area contributed by atoms with E-state index in [1.807, 2.05) is 6.07 Å².